The lowest BCUT2D eigenvalue weighted by molar-refractivity contribution is 0.474. The highest BCUT2D eigenvalue weighted by Crippen LogP contribution is 2.28. The maximum absolute atomic E-state index is 13.1. The predicted molar refractivity (Wildman–Crippen MR) is 59.6 cm³/mol. The quantitative estimate of drug-likeness (QED) is 0.863. The van der Waals surface area contributed by atoms with Crippen LogP contribution in [0.4, 0.5) is 4.39 Å². The van der Waals surface area contributed by atoms with Crippen molar-refractivity contribution in [2.75, 3.05) is 0 Å². The molecular weight excluding hydrogens is 207 g/mol. The highest BCUT2D eigenvalue weighted by Gasteiger charge is 2.10. The van der Waals surface area contributed by atoms with Crippen molar-refractivity contribution in [2.45, 2.75) is 19.9 Å². The van der Waals surface area contributed by atoms with Gasteiger partial charge in [0.2, 0.25) is 0 Å². The van der Waals surface area contributed by atoms with Gasteiger partial charge in [0.1, 0.15) is 17.4 Å². The normalized spacial score (nSPS) is 10.6. The van der Waals surface area contributed by atoms with E-state index in [1.807, 2.05) is 10.8 Å². The molecule has 1 aromatic carbocycles. The molecule has 2 aromatic rings. The molecule has 0 aliphatic carbocycles. The standard InChI is InChI=1S/C12H13FN2O/c1-2-6-15-7-5-14-12(15)10-8-9(13)3-4-11(10)16/h3-5,7-8,16H,2,6H2,1H3. The second kappa shape index (κ2) is 4.35. The molecule has 4 heteroatoms. The molecule has 0 fully saturated rings. The van der Waals surface area contributed by atoms with E-state index in [9.17, 15) is 9.50 Å². The number of benzene rings is 1. The van der Waals surface area contributed by atoms with E-state index in [0.717, 1.165) is 13.0 Å². The first-order valence-electron chi connectivity index (χ1n) is 5.22. The maximum Gasteiger partial charge on any atom is 0.143 e. The smallest absolute Gasteiger partial charge is 0.143 e. The number of rotatable bonds is 3. The van der Waals surface area contributed by atoms with Crippen molar-refractivity contribution < 1.29 is 9.50 Å². The van der Waals surface area contributed by atoms with Gasteiger partial charge in [0.15, 0.2) is 0 Å². The Hall–Kier alpha value is -1.84. The maximum atomic E-state index is 13.1. The Bertz CT molecular complexity index is 494. The fourth-order valence-corrected chi connectivity index (χ4v) is 1.66. The van der Waals surface area contributed by atoms with Gasteiger partial charge in [-0.3, -0.25) is 0 Å². The van der Waals surface area contributed by atoms with Gasteiger partial charge in [-0.05, 0) is 24.6 Å². The molecule has 0 aliphatic rings. The molecule has 1 heterocycles. The molecule has 1 N–H and O–H groups in total. The summed E-state index contributed by atoms with van der Waals surface area (Å²) in [6, 6.07) is 3.87. The van der Waals surface area contributed by atoms with E-state index in [1.54, 1.807) is 6.20 Å². The first-order valence-corrected chi connectivity index (χ1v) is 5.22. The minimum Gasteiger partial charge on any atom is -0.507 e. The second-order valence-electron chi connectivity index (χ2n) is 3.61. The molecule has 0 atom stereocenters. The molecule has 0 bridgehead atoms. The number of phenols is 1. The monoisotopic (exact) mass is 220 g/mol. The Morgan fingerprint density at radius 3 is 3.00 bits per heavy atom. The average molecular weight is 220 g/mol. The van der Waals surface area contributed by atoms with Gasteiger partial charge < -0.3 is 9.67 Å². The Morgan fingerprint density at radius 2 is 2.25 bits per heavy atom. The highest BCUT2D eigenvalue weighted by molar-refractivity contribution is 5.64. The van der Waals surface area contributed by atoms with Crippen molar-refractivity contribution in [3.05, 3.63) is 36.4 Å². The lowest BCUT2D eigenvalue weighted by atomic mass is 10.2. The molecular formula is C12H13FN2O. The van der Waals surface area contributed by atoms with Crippen LogP contribution < -0.4 is 0 Å². The summed E-state index contributed by atoms with van der Waals surface area (Å²) in [6.07, 6.45) is 4.43. The van der Waals surface area contributed by atoms with Gasteiger partial charge in [-0.2, -0.15) is 0 Å². The van der Waals surface area contributed by atoms with Crippen LogP contribution in [0, 0.1) is 5.82 Å². The molecule has 0 spiro atoms. The van der Waals surface area contributed by atoms with Crippen LogP contribution in [0.5, 0.6) is 5.75 Å². The van der Waals surface area contributed by atoms with E-state index in [-0.39, 0.29) is 11.6 Å². The molecule has 0 saturated carbocycles. The number of aromatic nitrogens is 2. The molecule has 1 aromatic heterocycles. The Morgan fingerprint density at radius 1 is 1.44 bits per heavy atom. The van der Waals surface area contributed by atoms with Crippen LogP contribution in [0.3, 0.4) is 0 Å². The van der Waals surface area contributed by atoms with Crippen LogP contribution in [0.25, 0.3) is 11.4 Å². The largest absolute Gasteiger partial charge is 0.507 e. The molecule has 0 amide bonds. The van der Waals surface area contributed by atoms with Gasteiger partial charge in [-0.25, -0.2) is 9.37 Å². The van der Waals surface area contributed by atoms with Gasteiger partial charge in [-0.15, -0.1) is 0 Å². The molecule has 0 aliphatic heterocycles. The fraction of sp³-hybridized carbons (Fsp3) is 0.250. The van der Waals surface area contributed by atoms with Gasteiger partial charge in [0.05, 0.1) is 5.56 Å². The number of aryl methyl sites for hydroxylation is 1. The van der Waals surface area contributed by atoms with Crippen LogP contribution >= 0.6 is 0 Å². The number of imidazole rings is 1. The van der Waals surface area contributed by atoms with Crippen LogP contribution in [0.2, 0.25) is 0 Å². The van der Waals surface area contributed by atoms with Crippen molar-refractivity contribution in [3.63, 3.8) is 0 Å². The van der Waals surface area contributed by atoms with Gasteiger partial charge in [0.25, 0.3) is 0 Å². The Balaban J connectivity index is 2.49. The van der Waals surface area contributed by atoms with Crippen LogP contribution in [0.15, 0.2) is 30.6 Å². The summed E-state index contributed by atoms with van der Waals surface area (Å²) in [6.45, 7) is 2.85. The number of halogens is 1. The zero-order valence-electron chi connectivity index (χ0n) is 9.02. The Labute approximate surface area is 93.2 Å². The van der Waals surface area contributed by atoms with Crippen molar-refractivity contribution in [1.82, 2.24) is 9.55 Å². The zero-order chi connectivity index (χ0) is 11.5. The first-order chi connectivity index (χ1) is 7.72. The minimum atomic E-state index is -0.376. The van der Waals surface area contributed by atoms with Gasteiger partial charge in [-0.1, -0.05) is 6.92 Å². The summed E-state index contributed by atoms with van der Waals surface area (Å²) < 4.78 is 15.0. The predicted octanol–water partition coefficient (Wildman–Crippen LogP) is 2.80. The number of hydrogen-bond donors (Lipinski definition) is 1. The minimum absolute atomic E-state index is 0.0463. The van der Waals surface area contributed by atoms with Crippen LogP contribution in [-0.4, -0.2) is 14.7 Å². The highest BCUT2D eigenvalue weighted by atomic mass is 19.1. The van der Waals surface area contributed by atoms with E-state index in [4.69, 9.17) is 0 Å². The number of nitrogens with zero attached hydrogens (tertiary/aromatic N) is 2. The molecule has 16 heavy (non-hydrogen) atoms. The molecule has 84 valence electrons. The van der Waals surface area contributed by atoms with E-state index in [0.29, 0.717) is 11.4 Å². The molecule has 0 radical (unpaired) electrons. The molecule has 0 unspecified atom stereocenters. The lowest BCUT2D eigenvalue weighted by Crippen LogP contribution is -1.98. The van der Waals surface area contributed by atoms with Crippen molar-refractivity contribution >= 4 is 0 Å². The Kier molecular flexibility index (Phi) is 2.90. The summed E-state index contributed by atoms with van der Waals surface area (Å²) in [7, 11) is 0. The number of aromatic hydroxyl groups is 1. The van der Waals surface area contributed by atoms with E-state index in [1.165, 1.54) is 18.2 Å². The van der Waals surface area contributed by atoms with Crippen LogP contribution in [0.1, 0.15) is 13.3 Å². The van der Waals surface area contributed by atoms with E-state index in [2.05, 4.69) is 11.9 Å². The lowest BCUT2D eigenvalue weighted by Gasteiger charge is -2.07. The zero-order valence-corrected chi connectivity index (χ0v) is 9.02. The van der Waals surface area contributed by atoms with Crippen molar-refractivity contribution in [2.24, 2.45) is 0 Å². The van der Waals surface area contributed by atoms with Crippen molar-refractivity contribution in [1.29, 1.82) is 0 Å². The third kappa shape index (κ3) is 1.91. The summed E-state index contributed by atoms with van der Waals surface area (Å²) in [5, 5.41) is 9.68. The summed E-state index contributed by atoms with van der Waals surface area (Å²) in [5.74, 6) is 0.266. The molecule has 2 rings (SSSR count). The first kappa shape index (κ1) is 10.7. The van der Waals surface area contributed by atoms with E-state index < -0.39 is 0 Å². The number of phenolic OH excluding ortho intramolecular Hbond substituents is 1. The van der Waals surface area contributed by atoms with E-state index >= 15 is 0 Å². The second-order valence-corrected chi connectivity index (χ2v) is 3.61. The fourth-order valence-electron chi connectivity index (χ4n) is 1.66. The SMILES string of the molecule is CCCn1ccnc1-c1cc(F)ccc1O. The summed E-state index contributed by atoms with van der Waals surface area (Å²) in [5.41, 5.74) is 0.429. The van der Waals surface area contributed by atoms with Gasteiger partial charge in [0, 0.05) is 18.9 Å². The molecule has 3 nitrogen and oxygen atoms in total. The third-order valence-corrected chi connectivity index (χ3v) is 2.38. The average Bonchev–Trinajstić information content (AvgIpc) is 2.70. The number of hydrogen-bond acceptors (Lipinski definition) is 2. The van der Waals surface area contributed by atoms with Crippen molar-refractivity contribution in [3.8, 4) is 17.1 Å². The molecule has 0 saturated heterocycles. The summed E-state index contributed by atoms with van der Waals surface area (Å²) in [4.78, 5) is 4.14. The topological polar surface area (TPSA) is 38.0 Å². The third-order valence-electron chi connectivity index (χ3n) is 2.38. The van der Waals surface area contributed by atoms with Gasteiger partial charge >= 0.3 is 0 Å². The summed E-state index contributed by atoms with van der Waals surface area (Å²) >= 11 is 0. The van der Waals surface area contributed by atoms with Crippen LogP contribution in [-0.2, 0) is 6.54 Å².